The number of hydrogen-bond acceptors (Lipinski definition) is 7. The number of H-pyrrole nitrogens is 1. The smallest absolute Gasteiger partial charge is 0.277 e. The molecular formula is C21H43N5O3Si2. The molecule has 1 aromatic rings. The van der Waals surface area contributed by atoms with Gasteiger partial charge in [-0.1, -0.05) is 34.6 Å². The SMILES string of the molecule is C[C@H](CC(C)(C)[Si](C)(C)O)[C@H](CC(C)(C)[Si](C)(C)O)[C@H]1CNc2nc(N)[nH]c(=O)c2N1. The maximum atomic E-state index is 12.5. The number of fused-ring (bicyclic) bond motifs is 1. The molecule has 1 aromatic heterocycles. The number of rotatable bonds is 8. The third-order valence-corrected chi connectivity index (χ3v) is 14.9. The normalized spacial score (nSPS) is 19.8. The Morgan fingerprint density at radius 3 is 2.13 bits per heavy atom. The first-order valence-electron chi connectivity index (χ1n) is 11.2. The number of hydrogen-bond donors (Lipinski definition) is 6. The van der Waals surface area contributed by atoms with Crippen LogP contribution in [0.3, 0.4) is 0 Å². The number of aromatic nitrogens is 2. The van der Waals surface area contributed by atoms with E-state index in [1.165, 1.54) is 0 Å². The highest BCUT2D eigenvalue weighted by atomic mass is 28.4. The van der Waals surface area contributed by atoms with Crippen molar-refractivity contribution in [2.75, 3.05) is 22.9 Å². The molecule has 3 atom stereocenters. The Balaban J connectivity index is 2.39. The molecule has 2 rings (SSSR count). The number of aromatic amines is 1. The molecule has 1 aliphatic rings. The summed E-state index contributed by atoms with van der Waals surface area (Å²) in [6.07, 6.45) is 1.70. The Kier molecular flexibility index (Phi) is 7.12. The maximum Gasteiger partial charge on any atom is 0.277 e. The van der Waals surface area contributed by atoms with Crippen molar-refractivity contribution < 1.29 is 9.59 Å². The lowest BCUT2D eigenvalue weighted by molar-refractivity contribution is 0.227. The van der Waals surface area contributed by atoms with E-state index in [-0.39, 0.29) is 39.5 Å². The van der Waals surface area contributed by atoms with Crippen molar-refractivity contribution in [1.29, 1.82) is 0 Å². The lowest BCUT2D eigenvalue weighted by Crippen LogP contribution is -2.49. The van der Waals surface area contributed by atoms with Gasteiger partial charge in [-0.15, -0.1) is 0 Å². The fourth-order valence-electron chi connectivity index (χ4n) is 4.24. The highest BCUT2D eigenvalue weighted by Gasteiger charge is 2.46. The molecule has 2 heterocycles. The zero-order chi connectivity index (χ0) is 24.0. The van der Waals surface area contributed by atoms with Gasteiger partial charge in [0, 0.05) is 12.6 Å². The average Bonchev–Trinajstić information content (AvgIpc) is 2.57. The van der Waals surface area contributed by atoms with Crippen LogP contribution in [-0.4, -0.2) is 48.8 Å². The predicted octanol–water partition coefficient (Wildman–Crippen LogP) is 3.55. The predicted molar refractivity (Wildman–Crippen MR) is 135 cm³/mol. The minimum Gasteiger partial charge on any atom is -0.432 e. The van der Waals surface area contributed by atoms with Crippen LogP contribution in [0.25, 0.3) is 0 Å². The maximum absolute atomic E-state index is 12.5. The molecule has 0 saturated carbocycles. The molecule has 0 bridgehead atoms. The zero-order valence-electron chi connectivity index (χ0n) is 20.7. The molecule has 0 amide bonds. The summed E-state index contributed by atoms with van der Waals surface area (Å²) < 4.78 is 0. The van der Waals surface area contributed by atoms with Gasteiger partial charge in [0.15, 0.2) is 22.5 Å². The summed E-state index contributed by atoms with van der Waals surface area (Å²) in [4.78, 5) is 41.1. The van der Waals surface area contributed by atoms with Crippen LogP contribution < -0.4 is 21.9 Å². The number of nitrogens with two attached hydrogens (primary N) is 1. The first-order chi connectivity index (χ1) is 13.9. The molecule has 0 aliphatic carbocycles. The Hall–Kier alpha value is -1.37. The molecular weight excluding hydrogens is 426 g/mol. The van der Waals surface area contributed by atoms with E-state index < -0.39 is 16.6 Å². The van der Waals surface area contributed by atoms with Gasteiger partial charge in [0.05, 0.1) is 0 Å². The van der Waals surface area contributed by atoms with E-state index in [1.807, 2.05) is 26.2 Å². The molecule has 7 N–H and O–H groups in total. The van der Waals surface area contributed by atoms with E-state index in [9.17, 15) is 14.4 Å². The lowest BCUT2D eigenvalue weighted by Gasteiger charge is -2.46. The first-order valence-corrected chi connectivity index (χ1v) is 17.1. The van der Waals surface area contributed by atoms with Crippen molar-refractivity contribution in [3.05, 3.63) is 10.4 Å². The summed E-state index contributed by atoms with van der Waals surface area (Å²) in [5.41, 5.74) is 5.82. The fraction of sp³-hybridized carbons (Fsp3) is 0.810. The summed E-state index contributed by atoms with van der Waals surface area (Å²) in [5, 5.41) is 6.34. The van der Waals surface area contributed by atoms with E-state index in [4.69, 9.17) is 5.73 Å². The van der Waals surface area contributed by atoms with Crippen LogP contribution in [0.2, 0.25) is 36.3 Å². The summed E-state index contributed by atoms with van der Waals surface area (Å²) in [6, 6.07) is -0.0103. The van der Waals surface area contributed by atoms with Crippen molar-refractivity contribution in [1.82, 2.24) is 9.97 Å². The van der Waals surface area contributed by atoms with Gasteiger partial charge in [-0.05, 0) is 60.9 Å². The van der Waals surface area contributed by atoms with Crippen LogP contribution in [0.15, 0.2) is 4.79 Å². The molecule has 10 heteroatoms. The van der Waals surface area contributed by atoms with Crippen molar-refractivity contribution in [3.63, 3.8) is 0 Å². The molecule has 0 aromatic carbocycles. The topological polar surface area (TPSA) is 136 Å². The highest BCUT2D eigenvalue weighted by Crippen LogP contribution is 2.49. The number of anilines is 3. The van der Waals surface area contributed by atoms with Crippen LogP contribution in [0.4, 0.5) is 17.5 Å². The van der Waals surface area contributed by atoms with Crippen LogP contribution in [-0.2, 0) is 0 Å². The van der Waals surface area contributed by atoms with Crippen molar-refractivity contribution in [2.45, 2.75) is 89.8 Å². The van der Waals surface area contributed by atoms with Gasteiger partial charge in [0.2, 0.25) is 5.95 Å². The van der Waals surface area contributed by atoms with Crippen molar-refractivity contribution in [3.8, 4) is 0 Å². The zero-order valence-corrected chi connectivity index (χ0v) is 22.7. The second-order valence-corrected chi connectivity index (χ2v) is 20.7. The first kappa shape index (κ1) is 25.9. The van der Waals surface area contributed by atoms with Gasteiger partial charge in [-0.3, -0.25) is 9.78 Å². The second kappa shape index (κ2) is 8.53. The Bertz CT molecular complexity index is 843. The van der Waals surface area contributed by atoms with Gasteiger partial charge in [0.1, 0.15) is 5.69 Å². The Labute approximate surface area is 188 Å². The van der Waals surface area contributed by atoms with E-state index in [2.05, 4.69) is 55.2 Å². The molecule has 0 spiro atoms. The third-order valence-electron chi connectivity index (χ3n) is 7.90. The molecule has 0 unspecified atom stereocenters. The van der Waals surface area contributed by atoms with Crippen LogP contribution >= 0.6 is 0 Å². The third kappa shape index (κ3) is 5.71. The number of nitrogen functional groups attached to an aromatic ring is 1. The molecule has 1 aliphatic heterocycles. The molecule has 0 radical (unpaired) electrons. The summed E-state index contributed by atoms with van der Waals surface area (Å²) >= 11 is 0. The average molecular weight is 470 g/mol. The van der Waals surface area contributed by atoms with Gasteiger partial charge in [-0.25, -0.2) is 0 Å². The summed E-state index contributed by atoms with van der Waals surface area (Å²) in [5.74, 6) is 1.02. The largest absolute Gasteiger partial charge is 0.432 e. The molecule has 178 valence electrons. The van der Waals surface area contributed by atoms with E-state index >= 15 is 0 Å². The van der Waals surface area contributed by atoms with Gasteiger partial charge < -0.3 is 26.0 Å². The van der Waals surface area contributed by atoms with Gasteiger partial charge in [-0.2, -0.15) is 4.98 Å². The summed E-state index contributed by atoms with van der Waals surface area (Å²) in [6.45, 7) is 19.4. The monoisotopic (exact) mass is 469 g/mol. The number of nitrogens with one attached hydrogen (secondary N) is 3. The van der Waals surface area contributed by atoms with Gasteiger partial charge in [0.25, 0.3) is 5.56 Å². The quantitative estimate of drug-likeness (QED) is 0.320. The van der Waals surface area contributed by atoms with E-state index in [1.54, 1.807) is 0 Å². The lowest BCUT2D eigenvalue weighted by atomic mass is 9.76. The van der Waals surface area contributed by atoms with Crippen molar-refractivity contribution in [2.24, 2.45) is 11.8 Å². The minimum atomic E-state index is -2.43. The van der Waals surface area contributed by atoms with Crippen molar-refractivity contribution >= 4 is 34.1 Å². The van der Waals surface area contributed by atoms with Crippen LogP contribution in [0.5, 0.6) is 0 Å². The molecule has 0 fully saturated rings. The number of nitrogens with zero attached hydrogens (tertiary/aromatic N) is 1. The standard InChI is InChI=1S/C21H43N5O3Si2/c1-13(10-20(2,3)30(6,7)28)14(11-21(4,5)31(8,9)29)15-12-23-17-16(24-15)18(27)26-19(22)25-17/h13-15,24,28-29H,10-12H2,1-9H3,(H4,22,23,25,26,27)/t13-,14+,15-/m1/s1. The Morgan fingerprint density at radius 1 is 1.10 bits per heavy atom. The molecule has 31 heavy (non-hydrogen) atoms. The minimum absolute atomic E-state index is 0.0103. The Morgan fingerprint density at radius 2 is 1.61 bits per heavy atom. The molecule has 8 nitrogen and oxygen atoms in total. The van der Waals surface area contributed by atoms with E-state index in [0.29, 0.717) is 18.1 Å². The highest BCUT2D eigenvalue weighted by molar-refractivity contribution is 6.73. The van der Waals surface area contributed by atoms with E-state index in [0.717, 1.165) is 12.8 Å². The van der Waals surface area contributed by atoms with Crippen LogP contribution in [0.1, 0.15) is 47.5 Å². The van der Waals surface area contributed by atoms with Crippen LogP contribution in [0, 0.1) is 11.8 Å². The second-order valence-electron chi connectivity index (χ2n) is 11.7. The fourth-order valence-corrected chi connectivity index (χ4v) is 5.80. The molecule has 0 saturated heterocycles. The summed E-state index contributed by atoms with van der Waals surface area (Å²) in [7, 11) is -4.79. The van der Waals surface area contributed by atoms with Gasteiger partial charge >= 0.3 is 0 Å².